The Kier molecular flexibility index (Phi) is 4.35. The molecule has 14 heavy (non-hydrogen) atoms. The maximum absolute atomic E-state index is 11.2. The van der Waals surface area contributed by atoms with Gasteiger partial charge in [-0.2, -0.15) is 0 Å². The Morgan fingerprint density at radius 2 is 2.36 bits per heavy atom. The average molecular weight is 199 g/mol. The van der Waals surface area contributed by atoms with Crippen LogP contribution in [0.15, 0.2) is 0 Å². The van der Waals surface area contributed by atoms with Crippen LogP contribution < -0.4 is 11.1 Å². The van der Waals surface area contributed by atoms with Crippen LogP contribution in [-0.4, -0.2) is 43.0 Å². The molecular formula is C10H21N3O. The summed E-state index contributed by atoms with van der Waals surface area (Å²) >= 11 is 0. The second-order valence-corrected chi connectivity index (χ2v) is 4.16. The molecule has 0 saturated carbocycles. The molecule has 82 valence electrons. The van der Waals surface area contributed by atoms with Crippen molar-refractivity contribution in [2.45, 2.75) is 38.3 Å². The van der Waals surface area contributed by atoms with Gasteiger partial charge < -0.3 is 16.0 Å². The molecule has 0 radical (unpaired) electrons. The van der Waals surface area contributed by atoms with E-state index >= 15 is 0 Å². The van der Waals surface area contributed by atoms with Crippen molar-refractivity contribution >= 4 is 5.91 Å². The van der Waals surface area contributed by atoms with Crippen molar-refractivity contribution in [1.29, 1.82) is 0 Å². The monoisotopic (exact) mass is 199 g/mol. The van der Waals surface area contributed by atoms with Crippen LogP contribution in [0, 0.1) is 0 Å². The average Bonchev–Trinajstić information content (AvgIpc) is 2.16. The van der Waals surface area contributed by atoms with Gasteiger partial charge >= 0.3 is 0 Å². The summed E-state index contributed by atoms with van der Waals surface area (Å²) < 4.78 is 0. The molecule has 1 unspecified atom stereocenters. The van der Waals surface area contributed by atoms with Crippen LogP contribution in [0.5, 0.6) is 0 Å². The molecule has 0 aromatic heterocycles. The molecule has 0 aromatic rings. The van der Waals surface area contributed by atoms with Gasteiger partial charge in [0.15, 0.2) is 0 Å². The molecule has 1 aliphatic heterocycles. The van der Waals surface area contributed by atoms with Gasteiger partial charge in [-0.3, -0.25) is 4.79 Å². The zero-order valence-corrected chi connectivity index (χ0v) is 9.12. The minimum Gasteiger partial charge on any atom is -0.353 e. The summed E-state index contributed by atoms with van der Waals surface area (Å²) in [7, 11) is 2.11. The number of nitrogens with zero attached hydrogens (tertiary/aromatic N) is 1. The Bertz CT molecular complexity index is 194. The molecule has 2 atom stereocenters. The van der Waals surface area contributed by atoms with Gasteiger partial charge in [0.2, 0.25) is 5.91 Å². The number of hydrogen-bond acceptors (Lipinski definition) is 3. The summed E-state index contributed by atoms with van der Waals surface area (Å²) in [6.07, 6.45) is 3.72. The van der Waals surface area contributed by atoms with Crippen molar-refractivity contribution in [1.82, 2.24) is 10.2 Å². The number of amides is 1. The number of rotatable bonds is 3. The highest BCUT2D eigenvalue weighted by Gasteiger charge is 2.19. The van der Waals surface area contributed by atoms with E-state index in [-0.39, 0.29) is 5.91 Å². The Balaban J connectivity index is 2.26. The molecule has 1 heterocycles. The topological polar surface area (TPSA) is 58.4 Å². The lowest BCUT2D eigenvalue weighted by atomic mass is 10.0. The molecule has 1 amide bonds. The van der Waals surface area contributed by atoms with Gasteiger partial charge in [-0.15, -0.1) is 0 Å². The second kappa shape index (κ2) is 5.32. The largest absolute Gasteiger partial charge is 0.353 e. The van der Waals surface area contributed by atoms with Crippen molar-refractivity contribution < 1.29 is 4.79 Å². The molecule has 0 spiro atoms. The first kappa shape index (κ1) is 11.5. The number of likely N-dealkylation sites (N-methyl/N-ethyl adjacent to an activating group) is 1. The first-order chi connectivity index (χ1) is 6.61. The number of piperidine rings is 1. The summed E-state index contributed by atoms with van der Waals surface area (Å²) in [5.74, 6) is -0.0519. The standard InChI is InChI=1S/C10H21N3O/c1-8(11)10(14)12-7-9-5-3-4-6-13(9)2/h8-9H,3-7,11H2,1-2H3,(H,12,14)/t8-,9?/m1/s1. The minimum atomic E-state index is -0.399. The van der Waals surface area contributed by atoms with E-state index in [2.05, 4.69) is 17.3 Å². The summed E-state index contributed by atoms with van der Waals surface area (Å²) in [5.41, 5.74) is 5.46. The van der Waals surface area contributed by atoms with E-state index < -0.39 is 6.04 Å². The first-order valence-corrected chi connectivity index (χ1v) is 5.35. The third-order valence-corrected chi connectivity index (χ3v) is 2.85. The van der Waals surface area contributed by atoms with E-state index in [1.54, 1.807) is 6.92 Å². The molecule has 1 fully saturated rings. The van der Waals surface area contributed by atoms with Gasteiger partial charge in [-0.1, -0.05) is 6.42 Å². The molecule has 3 N–H and O–H groups in total. The molecular weight excluding hydrogens is 178 g/mol. The molecule has 4 nitrogen and oxygen atoms in total. The molecule has 0 bridgehead atoms. The zero-order chi connectivity index (χ0) is 10.6. The normalized spacial score (nSPS) is 25.8. The summed E-state index contributed by atoms with van der Waals surface area (Å²) in [6.45, 7) is 3.58. The van der Waals surface area contributed by atoms with E-state index in [4.69, 9.17) is 5.73 Å². The highest BCUT2D eigenvalue weighted by Crippen LogP contribution is 2.13. The smallest absolute Gasteiger partial charge is 0.236 e. The van der Waals surface area contributed by atoms with Crippen LogP contribution in [0.3, 0.4) is 0 Å². The lowest BCUT2D eigenvalue weighted by Crippen LogP contribution is -2.47. The Morgan fingerprint density at radius 1 is 1.64 bits per heavy atom. The van der Waals surface area contributed by atoms with Crippen molar-refractivity contribution in [3.8, 4) is 0 Å². The van der Waals surface area contributed by atoms with Gasteiger partial charge in [0.25, 0.3) is 0 Å². The summed E-state index contributed by atoms with van der Waals surface area (Å²) in [6, 6.07) is 0.0929. The first-order valence-electron chi connectivity index (χ1n) is 5.35. The molecule has 4 heteroatoms. The fourth-order valence-corrected chi connectivity index (χ4v) is 1.78. The molecule has 0 aliphatic carbocycles. The quantitative estimate of drug-likeness (QED) is 0.669. The predicted octanol–water partition coefficient (Wildman–Crippen LogP) is -0.0659. The minimum absolute atomic E-state index is 0.0519. The molecule has 1 saturated heterocycles. The van der Waals surface area contributed by atoms with Crippen LogP contribution in [0.4, 0.5) is 0 Å². The van der Waals surface area contributed by atoms with Crippen LogP contribution >= 0.6 is 0 Å². The van der Waals surface area contributed by atoms with Gasteiger partial charge in [0, 0.05) is 12.6 Å². The number of carbonyl (C=O) groups is 1. The van der Waals surface area contributed by atoms with E-state index in [1.807, 2.05) is 0 Å². The van der Waals surface area contributed by atoms with Gasteiger partial charge in [0.1, 0.15) is 0 Å². The summed E-state index contributed by atoms with van der Waals surface area (Å²) in [4.78, 5) is 13.5. The fourth-order valence-electron chi connectivity index (χ4n) is 1.78. The maximum Gasteiger partial charge on any atom is 0.236 e. The fraction of sp³-hybridized carbons (Fsp3) is 0.900. The maximum atomic E-state index is 11.2. The number of nitrogens with two attached hydrogens (primary N) is 1. The molecule has 1 rings (SSSR count). The van der Waals surface area contributed by atoms with E-state index in [0.717, 1.165) is 13.1 Å². The van der Waals surface area contributed by atoms with Gasteiger partial charge in [-0.25, -0.2) is 0 Å². The molecule has 0 aromatic carbocycles. The van der Waals surface area contributed by atoms with E-state index in [0.29, 0.717) is 6.04 Å². The van der Waals surface area contributed by atoms with Gasteiger partial charge in [-0.05, 0) is 33.4 Å². The second-order valence-electron chi connectivity index (χ2n) is 4.16. The Labute approximate surface area is 85.8 Å². The highest BCUT2D eigenvalue weighted by molar-refractivity contribution is 5.80. The van der Waals surface area contributed by atoms with Crippen LogP contribution in [-0.2, 0) is 4.79 Å². The number of carbonyl (C=O) groups excluding carboxylic acids is 1. The van der Waals surface area contributed by atoms with Crippen molar-refractivity contribution in [3.63, 3.8) is 0 Å². The van der Waals surface area contributed by atoms with E-state index in [9.17, 15) is 4.79 Å². The lowest BCUT2D eigenvalue weighted by molar-refractivity contribution is -0.122. The van der Waals surface area contributed by atoms with E-state index in [1.165, 1.54) is 19.3 Å². The van der Waals surface area contributed by atoms with Crippen molar-refractivity contribution in [2.24, 2.45) is 5.73 Å². The highest BCUT2D eigenvalue weighted by atomic mass is 16.2. The van der Waals surface area contributed by atoms with Crippen molar-refractivity contribution in [3.05, 3.63) is 0 Å². The Morgan fingerprint density at radius 3 is 2.93 bits per heavy atom. The number of hydrogen-bond donors (Lipinski definition) is 2. The number of nitrogens with one attached hydrogen (secondary N) is 1. The number of likely N-dealkylation sites (tertiary alicyclic amines) is 1. The molecule has 1 aliphatic rings. The third-order valence-electron chi connectivity index (χ3n) is 2.85. The van der Waals surface area contributed by atoms with Gasteiger partial charge in [0.05, 0.1) is 6.04 Å². The lowest BCUT2D eigenvalue weighted by Gasteiger charge is -2.32. The predicted molar refractivity (Wildman–Crippen MR) is 56.9 cm³/mol. The van der Waals surface area contributed by atoms with Crippen LogP contribution in [0.2, 0.25) is 0 Å². The zero-order valence-electron chi connectivity index (χ0n) is 9.12. The SMILES string of the molecule is C[C@@H](N)C(=O)NCC1CCCCN1C. The van der Waals surface area contributed by atoms with Crippen molar-refractivity contribution in [2.75, 3.05) is 20.1 Å². The summed E-state index contributed by atoms with van der Waals surface area (Å²) in [5, 5.41) is 2.88. The van der Waals surface area contributed by atoms with Crippen LogP contribution in [0.25, 0.3) is 0 Å². The van der Waals surface area contributed by atoms with Crippen LogP contribution in [0.1, 0.15) is 26.2 Å². The third kappa shape index (κ3) is 3.27. The Hall–Kier alpha value is -0.610.